The third-order valence-electron chi connectivity index (χ3n) is 4.59. The molecule has 3 heterocycles. The van der Waals surface area contributed by atoms with Crippen LogP contribution in [0.5, 0.6) is 0 Å². The fourth-order valence-electron chi connectivity index (χ4n) is 3.15. The first-order valence-corrected chi connectivity index (χ1v) is 9.71. The van der Waals surface area contributed by atoms with Crippen LogP contribution in [-0.2, 0) is 16.1 Å². The van der Waals surface area contributed by atoms with E-state index in [2.05, 4.69) is 26.7 Å². The predicted molar refractivity (Wildman–Crippen MR) is 102 cm³/mol. The van der Waals surface area contributed by atoms with Gasteiger partial charge in [0.1, 0.15) is 0 Å². The molecule has 2 amide bonds. The lowest BCUT2D eigenvalue weighted by molar-refractivity contribution is -0.126. The summed E-state index contributed by atoms with van der Waals surface area (Å²) in [6.07, 6.45) is 4.40. The van der Waals surface area contributed by atoms with Gasteiger partial charge in [0.15, 0.2) is 5.13 Å². The number of aryl methyl sites for hydroxylation is 2. The summed E-state index contributed by atoms with van der Waals surface area (Å²) in [5, 5.41) is 11.2. The number of fused-ring (bicyclic) bond motifs is 1. The maximum atomic E-state index is 12.4. The number of thiazole rings is 1. The van der Waals surface area contributed by atoms with E-state index in [0.717, 1.165) is 22.2 Å². The fraction of sp³-hybridized carbons (Fsp3) is 0.389. The molecule has 1 aliphatic heterocycles. The number of rotatable bonds is 6. The minimum Gasteiger partial charge on any atom is -0.356 e. The SMILES string of the molecule is Cc1ccc2nc(N3CC(C(=O)NCCCn4ccnn4)CC3=O)sc2c1. The minimum absolute atomic E-state index is 0.0476. The summed E-state index contributed by atoms with van der Waals surface area (Å²) >= 11 is 1.49. The van der Waals surface area contributed by atoms with E-state index in [0.29, 0.717) is 24.8 Å². The Bertz CT molecular complexity index is 968. The number of hydrogen-bond donors (Lipinski definition) is 1. The molecule has 140 valence electrons. The second-order valence-electron chi connectivity index (χ2n) is 6.68. The van der Waals surface area contributed by atoms with Crippen LogP contribution < -0.4 is 10.2 Å². The molecule has 0 spiro atoms. The Morgan fingerprint density at radius 2 is 2.30 bits per heavy atom. The number of carbonyl (C=O) groups is 2. The van der Waals surface area contributed by atoms with Crippen LogP contribution in [0.4, 0.5) is 5.13 Å². The number of aromatic nitrogens is 4. The smallest absolute Gasteiger partial charge is 0.229 e. The summed E-state index contributed by atoms with van der Waals surface area (Å²) in [6, 6.07) is 6.04. The van der Waals surface area contributed by atoms with Crippen molar-refractivity contribution in [2.24, 2.45) is 5.92 Å². The van der Waals surface area contributed by atoms with E-state index >= 15 is 0 Å². The molecular formula is C18H20N6O2S. The Morgan fingerprint density at radius 3 is 3.11 bits per heavy atom. The van der Waals surface area contributed by atoms with Crippen LogP contribution in [0.25, 0.3) is 10.2 Å². The molecule has 8 nitrogen and oxygen atoms in total. The first-order valence-electron chi connectivity index (χ1n) is 8.89. The molecule has 3 aromatic rings. The third-order valence-corrected chi connectivity index (χ3v) is 5.64. The molecule has 4 rings (SSSR count). The monoisotopic (exact) mass is 384 g/mol. The van der Waals surface area contributed by atoms with Gasteiger partial charge in [-0.2, -0.15) is 0 Å². The summed E-state index contributed by atoms with van der Waals surface area (Å²) < 4.78 is 2.78. The quantitative estimate of drug-likeness (QED) is 0.654. The van der Waals surface area contributed by atoms with Gasteiger partial charge in [-0.05, 0) is 31.0 Å². The van der Waals surface area contributed by atoms with Crippen LogP contribution in [0, 0.1) is 12.8 Å². The molecule has 0 aliphatic carbocycles. The van der Waals surface area contributed by atoms with Crippen molar-refractivity contribution >= 4 is 38.5 Å². The van der Waals surface area contributed by atoms with Gasteiger partial charge in [0, 0.05) is 32.3 Å². The first kappa shape index (κ1) is 17.6. The Hall–Kier alpha value is -2.81. The summed E-state index contributed by atoms with van der Waals surface area (Å²) in [7, 11) is 0. The van der Waals surface area contributed by atoms with Crippen LogP contribution in [-0.4, -0.2) is 44.9 Å². The van der Waals surface area contributed by atoms with Crippen LogP contribution in [0.1, 0.15) is 18.4 Å². The molecule has 2 aromatic heterocycles. The van der Waals surface area contributed by atoms with Crippen molar-refractivity contribution in [1.82, 2.24) is 25.3 Å². The van der Waals surface area contributed by atoms with Crippen LogP contribution in [0.2, 0.25) is 0 Å². The van der Waals surface area contributed by atoms with Gasteiger partial charge in [0.05, 0.1) is 22.3 Å². The van der Waals surface area contributed by atoms with Crippen molar-refractivity contribution in [1.29, 1.82) is 0 Å². The van der Waals surface area contributed by atoms with Gasteiger partial charge < -0.3 is 5.32 Å². The van der Waals surface area contributed by atoms with E-state index in [1.54, 1.807) is 22.0 Å². The van der Waals surface area contributed by atoms with E-state index in [1.807, 2.05) is 19.1 Å². The number of carbonyl (C=O) groups excluding carboxylic acids is 2. The van der Waals surface area contributed by atoms with Crippen LogP contribution in [0.15, 0.2) is 30.6 Å². The zero-order valence-electron chi connectivity index (χ0n) is 15.0. The zero-order chi connectivity index (χ0) is 18.8. The molecular weight excluding hydrogens is 364 g/mol. The second kappa shape index (κ2) is 7.43. The number of amides is 2. The van der Waals surface area contributed by atoms with E-state index < -0.39 is 0 Å². The molecule has 1 saturated heterocycles. The van der Waals surface area contributed by atoms with E-state index in [4.69, 9.17) is 0 Å². The molecule has 1 aromatic carbocycles. The highest BCUT2D eigenvalue weighted by atomic mass is 32.1. The first-order chi connectivity index (χ1) is 13.1. The second-order valence-corrected chi connectivity index (χ2v) is 7.69. The molecule has 1 aliphatic rings. The molecule has 0 bridgehead atoms. The lowest BCUT2D eigenvalue weighted by atomic mass is 10.1. The van der Waals surface area contributed by atoms with Gasteiger partial charge in [-0.1, -0.05) is 22.6 Å². The van der Waals surface area contributed by atoms with Crippen molar-refractivity contribution in [3.8, 4) is 0 Å². The maximum Gasteiger partial charge on any atom is 0.229 e. The topological polar surface area (TPSA) is 93.0 Å². The summed E-state index contributed by atoms with van der Waals surface area (Å²) in [5.41, 5.74) is 2.04. The fourth-order valence-corrected chi connectivity index (χ4v) is 4.24. The molecule has 1 N–H and O–H groups in total. The van der Waals surface area contributed by atoms with Crippen LogP contribution in [0.3, 0.4) is 0 Å². The van der Waals surface area contributed by atoms with Crippen molar-refractivity contribution in [2.45, 2.75) is 26.3 Å². The molecule has 27 heavy (non-hydrogen) atoms. The Labute approximate surface area is 160 Å². The molecule has 0 radical (unpaired) electrons. The number of nitrogens with one attached hydrogen (secondary N) is 1. The van der Waals surface area contributed by atoms with E-state index in [1.165, 1.54) is 11.3 Å². The van der Waals surface area contributed by atoms with Gasteiger partial charge >= 0.3 is 0 Å². The number of hydrogen-bond acceptors (Lipinski definition) is 6. The van der Waals surface area contributed by atoms with E-state index in [-0.39, 0.29) is 24.2 Å². The molecule has 1 unspecified atom stereocenters. The highest BCUT2D eigenvalue weighted by Gasteiger charge is 2.36. The lowest BCUT2D eigenvalue weighted by Crippen LogP contribution is -2.33. The Kier molecular flexibility index (Phi) is 4.85. The van der Waals surface area contributed by atoms with Gasteiger partial charge in [-0.15, -0.1) is 5.10 Å². The van der Waals surface area contributed by atoms with Crippen LogP contribution >= 0.6 is 11.3 Å². The van der Waals surface area contributed by atoms with Crippen molar-refractivity contribution < 1.29 is 9.59 Å². The van der Waals surface area contributed by atoms with E-state index in [9.17, 15) is 9.59 Å². The van der Waals surface area contributed by atoms with Crippen molar-refractivity contribution in [3.63, 3.8) is 0 Å². The predicted octanol–water partition coefficient (Wildman–Crippen LogP) is 1.76. The van der Waals surface area contributed by atoms with Gasteiger partial charge in [-0.25, -0.2) is 4.98 Å². The average Bonchev–Trinajstić information content (AvgIpc) is 3.37. The normalized spacial score (nSPS) is 17.0. The Morgan fingerprint density at radius 1 is 1.41 bits per heavy atom. The largest absolute Gasteiger partial charge is 0.356 e. The summed E-state index contributed by atoms with van der Waals surface area (Å²) in [5.74, 6) is -0.465. The van der Waals surface area contributed by atoms with Gasteiger partial charge in [0.25, 0.3) is 0 Å². The third kappa shape index (κ3) is 3.82. The summed E-state index contributed by atoms with van der Waals surface area (Å²) in [6.45, 7) is 3.65. The average molecular weight is 384 g/mol. The molecule has 0 saturated carbocycles. The molecule has 1 fully saturated rings. The maximum absolute atomic E-state index is 12.4. The minimum atomic E-state index is -0.336. The number of anilines is 1. The Balaban J connectivity index is 1.34. The van der Waals surface area contributed by atoms with Gasteiger partial charge in [-0.3, -0.25) is 19.2 Å². The lowest BCUT2D eigenvalue weighted by Gasteiger charge is -2.13. The number of nitrogens with zero attached hydrogens (tertiary/aromatic N) is 5. The molecule has 1 atom stereocenters. The zero-order valence-corrected chi connectivity index (χ0v) is 15.8. The van der Waals surface area contributed by atoms with Gasteiger partial charge in [0.2, 0.25) is 11.8 Å². The van der Waals surface area contributed by atoms with Crippen molar-refractivity contribution in [2.75, 3.05) is 18.0 Å². The summed E-state index contributed by atoms with van der Waals surface area (Å²) in [4.78, 5) is 31.0. The highest BCUT2D eigenvalue weighted by molar-refractivity contribution is 7.22. The van der Waals surface area contributed by atoms with Crippen molar-refractivity contribution in [3.05, 3.63) is 36.2 Å². The standard InChI is InChI=1S/C18H20N6O2S/c1-12-3-4-14-15(9-12)27-18(21-14)24-11-13(10-16(24)25)17(26)19-5-2-7-23-8-6-20-22-23/h3-4,6,8-9,13H,2,5,7,10-11H2,1H3,(H,19,26). The highest BCUT2D eigenvalue weighted by Crippen LogP contribution is 2.33. The molecule has 9 heteroatoms. The number of benzene rings is 1.